The summed E-state index contributed by atoms with van der Waals surface area (Å²) in [6.45, 7) is 1.26. The predicted molar refractivity (Wildman–Crippen MR) is 64.4 cm³/mol. The molecule has 0 aliphatic rings. The number of carbonyl (C=O) groups excluding carboxylic acids is 2. The van der Waals surface area contributed by atoms with Gasteiger partial charge in [0.1, 0.15) is 18.3 Å². The molecule has 0 heterocycles. The highest BCUT2D eigenvalue weighted by atomic mass is 16.5. The van der Waals surface area contributed by atoms with E-state index in [0.29, 0.717) is 11.3 Å². The Hall–Kier alpha value is -2.04. The van der Waals surface area contributed by atoms with Crippen molar-refractivity contribution in [3.8, 4) is 5.75 Å². The quantitative estimate of drug-likeness (QED) is 0.743. The first-order valence-corrected chi connectivity index (χ1v) is 5.43. The van der Waals surface area contributed by atoms with Gasteiger partial charge in [0, 0.05) is 6.92 Å². The third kappa shape index (κ3) is 3.76. The van der Waals surface area contributed by atoms with Crippen LogP contribution in [0.15, 0.2) is 24.3 Å². The average molecular weight is 252 g/mol. The van der Waals surface area contributed by atoms with Crippen molar-refractivity contribution >= 4 is 11.9 Å². The first kappa shape index (κ1) is 14.0. The van der Waals surface area contributed by atoms with E-state index in [1.165, 1.54) is 14.0 Å². The van der Waals surface area contributed by atoms with Crippen LogP contribution in [0.4, 0.5) is 0 Å². The van der Waals surface area contributed by atoms with E-state index < -0.39 is 17.9 Å². The van der Waals surface area contributed by atoms with E-state index in [-0.39, 0.29) is 6.61 Å². The summed E-state index contributed by atoms with van der Waals surface area (Å²) in [6.07, 6.45) is 0. The molecule has 0 saturated carbocycles. The fraction of sp³-hybridized carbons (Fsp3) is 0.385. The number of benzene rings is 1. The number of rotatable bonds is 5. The largest absolute Gasteiger partial charge is 0.497 e. The van der Waals surface area contributed by atoms with Crippen LogP contribution in [0.1, 0.15) is 18.4 Å². The summed E-state index contributed by atoms with van der Waals surface area (Å²) >= 11 is 0. The van der Waals surface area contributed by atoms with Gasteiger partial charge >= 0.3 is 11.9 Å². The molecule has 0 amide bonds. The Morgan fingerprint density at radius 2 is 1.78 bits per heavy atom. The number of carbonyl (C=O) groups is 2. The van der Waals surface area contributed by atoms with Gasteiger partial charge in [0.2, 0.25) is 0 Å². The van der Waals surface area contributed by atoms with E-state index in [4.69, 9.17) is 14.2 Å². The Morgan fingerprint density at radius 1 is 1.17 bits per heavy atom. The van der Waals surface area contributed by atoms with Crippen LogP contribution < -0.4 is 4.74 Å². The molecule has 1 unspecified atom stereocenters. The minimum Gasteiger partial charge on any atom is -0.497 e. The lowest BCUT2D eigenvalue weighted by atomic mass is 10.00. The normalized spacial score (nSPS) is 11.5. The maximum absolute atomic E-state index is 11.6. The highest BCUT2D eigenvalue weighted by molar-refractivity contribution is 5.78. The highest BCUT2D eigenvalue weighted by Crippen LogP contribution is 2.21. The Balaban J connectivity index is 2.86. The van der Waals surface area contributed by atoms with Gasteiger partial charge in [0.25, 0.3) is 0 Å². The maximum atomic E-state index is 11.6. The number of esters is 2. The van der Waals surface area contributed by atoms with E-state index >= 15 is 0 Å². The van der Waals surface area contributed by atoms with E-state index in [1.807, 2.05) is 0 Å². The summed E-state index contributed by atoms with van der Waals surface area (Å²) in [7, 11) is 2.86. The second-order valence-electron chi connectivity index (χ2n) is 3.65. The van der Waals surface area contributed by atoms with Gasteiger partial charge in [0.15, 0.2) is 0 Å². The standard InChI is InChI=1S/C13H16O5/c1-9(14)18-8-12(13(15)17-3)10-4-6-11(16-2)7-5-10/h4-7,12H,8H2,1-3H3. The third-order valence-corrected chi connectivity index (χ3v) is 2.46. The molecule has 0 aliphatic carbocycles. The van der Waals surface area contributed by atoms with Gasteiger partial charge in [-0.25, -0.2) is 0 Å². The third-order valence-electron chi connectivity index (χ3n) is 2.46. The van der Waals surface area contributed by atoms with Crippen LogP contribution in [-0.4, -0.2) is 32.8 Å². The summed E-state index contributed by atoms with van der Waals surface area (Å²) in [5.74, 6) is -0.807. The zero-order chi connectivity index (χ0) is 13.5. The van der Waals surface area contributed by atoms with Gasteiger partial charge in [0.05, 0.1) is 14.2 Å². The molecule has 5 nitrogen and oxygen atoms in total. The monoisotopic (exact) mass is 252 g/mol. The first-order chi connectivity index (χ1) is 8.58. The Bertz CT molecular complexity index is 410. The lowest BCUT2D eigenvalue weighted by Crippen LogP contribution is -2.21. The zero-order valence-corrected chi connectivity index (χ0v) is 10.6. The van der Waals surface area contributed by atoms with Crippen molar-refractivity contribution in [3.63, 3.8) is 0 Å². The van der Waals surface area contributed by atoms with Crippen LogP contribution in [0.5, 0.6) is 5.75 Å². The molecule has 0 radical (unpaired) electrons. The Kier molecular flexibility index (Phi) is 5.17. The van der Waals surface area contributed by atoms with Gasteiger partial charge in [-0.15, -0.1) is 0 Å². The average Bonchev–Trinajstić information content (AvgIpc) is 2.39. The van der Waals surface area contributed by atoms with Crippen molar-refractivity contribution in [2.75, 3.05) is 20.8 Å². The summed E-state index contributed by atoms with van der Waals surface area (Å²) in [5.41, 5.74) is 0.712. The number of ether oxygens (including phenoxy) is 3. The predicted octanol–water partition coefficient (Wildman–Crippen LogP) is 1.51. The van der Waals surface area contributed by atoms with Gasteiger partial charge < -0.3 is 14.2 Å². The van der Waals surface area contributed by atoms with E-state index in [0.717, 1.165) is 0 Å². The fourth-order valence-corrected chi connectivity index (χ4v) is 1.48. The maximum Gasteiger partial charge on any atom is 0.316 e. The molecule has 18 heavy (non-hydrogen) atoms. The van der Waals surface area contributed by atoms with E-state index in [2.05, 4.69) is 0 Å². The second-order valence-corrected chi connectivity index (χ2v) is 3.65. The van der Waals surface area contributed by atoms with Crippen molar-refractivity contribution in [1.82, 2.24) is 0 Å². The minimum atomic E-state index is -0.621. The summed E-state index contributed by atoms with van der Waals surface area (Å²) in [6, 6.07) is 6.95. The second kappa shape index (κ2) is 6.64. The van der Waals surface area contributed by atoms with Crippen LogP contribution in [-0.2, 0) is 19.1 Å². The minimum absolute atomic E-state index is 0.0334. The van der Waals surface area contributed by atoms with Gasteiger partial charge in [-0.1, -0.05) is 12.1 Å². The molecule has 0 aromatic heterocycles. The molecule has 1 aromatic rings. The molecular weight excluding hydrogens is 236 g/mol. The topological polar surface area (TPSA) is 61.8 Å². The van der Waals surface area contributed by atoms with Crippen LogP contribution in [0.25, 0.3) is 0 Å². The molecule has 5 heteroatoms. The van der Waals surface area contributed by atoms with Crippen molar-refractivity contribution in [1.29, 1.82) is 0 Å². The fourth-order valence-electron chi connectivity index (χ4n) is 1.48. The lowest BCUT2D eigenvalue weighted by Gasteiger charge is -2.15. The summed E-state index contributed by atoms with van der Waals surface area (Å²) in [5, 5.41) is 0. The van der Waals surface area contributed by atoms with Gasteiger partial charge in [-0.2, -0.15) is 0 Å². The molecule has 0 N–H and O–H groups in total. The molecule has 0 aliphatic heterocycles. The van der Waals surface area contributed by atoms with Crippen molar-refractivity contribution in [3.05, 3.63) is 29.8 Å². The van der Waals surface area contributed by atoms with E-state index in [9.17, 15) is 9.59 Å². The highest BCUT2D eigenvalue weighted by Gasteiger charge is 2.22. The molecule has 0 bridgehead atoms. The smallest absolute Gasteiger partial charge is 0.316 e. The molecule has 1 rings (SSSR count). The van der Waals surface area contributed by atoms with E-state index in [1.54, 1.807) is 31.4 Å². The van der Waals surface area contributed by atoms with Crippen molar-refractivity contribution < 1.29 is 23.8 Å². The van der Waals surface area contributed by atoms with Gasteiger partial charge in [-0.3, -0.25) is 9.59 Å². The van der Waals surface area contributed by atoms with Crippen molar-refractivity contribution in [2.24, 2.45) is 0 Å². The Labute approximate surface area is 106 Å². The molecule has 1 atom stereocenters. The lowest BCUT2D eigenvalue weighted by molar-refractivity contribution is -0.148. The van der Waals surface area contributed by atoms with Crippen LogP contribution in [0.2, 0.25) is 0 Å². The Morgan fingerprint density at radius 3 is 2.22 bits per heavy atom. The molecule has 0 spiro atoms. The van der Waals surface area contributed by atoms with Crippen LogP contribution >= 0.6 is 0 Å². The molecular formula is C13H16O5. The van der Waals surface area contributed by atoms with Crippen molar-refractivity contribution in [2.45, 2.75) is 12.8 Å². The van der Waals surface area contributed by atoms with Gasteiger partial charge in [-0.05, 0) is 17.7 Å². The molecule has 98 valence electrons. The zero-order valence-electron chi connectivity index (χ0n) is 10.6. The molecule has 0 saturated heterocycles. The first-order valence-electron chi connectivity index (χ1n) is 5.43. The summed E-state index contributed by atoms with van der Waals surface area (Å²) < 4.78 is 14.6. The molecule has 1 aromatic carbocycles. The molecule has 0 fully saturated rings. The number of methoxy groups -OCH3 is 2. The SMILES string of the molecule is COC(=O)C(COC(C)=O)c1ccc(OC)cc1. The number of hydrogen-bond acceptors (Lipinski definition) is 5. The van der Waals surface area contributed by atoms with Crippen LogP contribution in [0, 0.1) is 0 Å². The summed E-state index contributed by atoms with van der Waals surface area (Å²) in [4.78, 5) is 22.4. The number of hydrogen-bond donors (Lipinski definition) is 0. The van der Waals surface area contributed by atoms with Crippen LogP contribution in [0.3, 0.4) is 0 Å².